The van der Waals surface area contributed by atoms with Crippen molar-refractivity contribution in [1.29, 1.82) is 5.41 Å². The average Bonchev–Trinajstić information content (AvgIpc) is 2.90. The first-order valence-corrected chi connectivity index (χ1v) is 7.98. The SMILES string of the molecule is CSc1sc(C(=N)N)cc1NC(=O)c1cccc(C=O)c1. The van der Waals surface area contributed by atoms with Gasteiger partial charge in [0.05, 0.1) is 14.8 Å². The molecule has 7 heteroatoms. The maximum Gasteiger partial charge on any atom is 0.255 e. The van der Waals surface area contributed by atoms with Crippen LogP contribution in [0.3, 0.4) is 0 Å². The van der Waals surface area contributed by atoms with E-state index in [0.717, 1.165) is 4.21 Å². The van der Waals surface area contributed by atoms with Crippen molar-refractivity contribution in [3.8, 4) is 0 Å². The number of amides is 1. The van der Waals surface area contributed by atoms with E-state index in [9.17, 15) is 9.59 Å². The van der Waals surface area contributed by atoms with E-state index in [1.807, 2.05) is 6.26 Å². The van der Waals surface area contributed by atoms with Gasteiger partial charge < -0.3 is 11.1 Å². The van der Waals surface area contributed by atoms with Crippen LogP contribution >= 0.6 is 23.1 Å². The standard InChI is InChI=1S/C14H13N3O2S2/c1-20-14-10(6-11(21-14)12(15)16)17-13(19)9-4-2-3-8(5-9)7-18/h2-7H,1H3,(H3,15,16)(H,17,19). The molecule has 0 spiro atoms. The summed E-state index contributed by atoms with van der Waals surface area (Å²) in [7, 11) is 0. The fourth-order valence-corrected chi connectivity index (χ4v) is 3.33. The van der Waals surface area contributed by atoms with E-state index < -0.39 is 0 Å². The normalized spacial score (nSPS) is 10.1. The van der Waals surface area contributed by atoms with Crippen molar-refractivity contribution in [3.05, 3.63) is 46.3 Å². The predicted octanol–water partition coefficient (Wildman–Crippen LogP) is 2.82. The number of carbonyl (C=O) groups excluding carboxylic acids is 2. The Morgan fingerprint density at radius 1 is 1.43 bits per heavy atom. The van der Waals surface area contributed by atoms with Crippen LogP contribution in [-0.4, -0.2) is 24.3 Å². The van der Waals surface area contributed by atoms with Gasteiger partial charge >= 0.3 is 0 Å². The summed E-state index contributed by atoms with van der Waals surface area (Å²) in [4.78, 5) is 23.6. The van der Waals surface area contributed by atoms with Gasteiger partial charge in [-0.15, -0.1) is 23.1 Å². The van der Waals surface area contributed by atoms with Gasteiger partial charge in [-0.05, 0) is 24.5 Å². The Morgan fingerprint density at radius 3 is 2.81 bits per heavy atom. The highest BCUT2D eigenvalue weighted by atomic mass is 32.2. The highest BCUT2D eigenvalue weighted by molar-refractivity contribution is 8.00. The molecule has 0 saturated carbocycles. The second kappa shape index (κ2) is 6.55. The molecule has 1 aromatic heterocycles. The zero-order chi connectivity index (χ0) is 15.4. The monoisotopic (exact) mass is 319 g/mol. The minimum absolute atomic E-state index is 0.0289. The molecule has 0 saturated heterocycles. The number of thioether (sulfide) groups is 1. The van der Waals surface area contributed by atoms with Gasteiger partial charge in [0.15, 0.2) is 0 Å². The predicted molar refractivity (Wildman–Crippen MR) is 86.9 cm³/mol. The Kier molecular flexibility index (Phi) is 4.77. The number of hydrogen-bond acceptors (Lipinski definition) is 5. The molecule has 1 aromatic carbocycles. The maximum atomic E-state index is 12.2. The maximum absolute atomic E-state index is 12.2. The molecule has 0 bridgehead atoms. The summed E-state index contributed by atoms with van der Waals surface area (Å²) in [6, 6.07) is 8.14. The van der Waals surface area contributed by atoms with E-state index >= 15 is 0 Å². The topological polar surface area (TPSA) is 96.0 Å². The summed E-state index contributed by atoms with van der Waals surface area (Å²) in [6.45, 7) is 0. The summed E-state index contributed by atoms with van der Waals surface area (Å²) in [6.07, 6.45) is 2.58. The van der Waals surface area contributed by atoms with Gasteiger partial charge in [0.1, 0.15) is 12.1 Å². The quantitative estimate of drug-likeness (QED) is 0.342. The Morgan fingerprint density at radius 2 is 2.19 bits per heavy atom. The zero-order valence-corrected chi connectivity index (χ0v) is 12.8. The molecule has 0 aliphatic carbocycles. The highest BCUT2D eigenvalue weighted by Gasteiger charge is 2.14. The second-order valence-electron chi connectivity index (χ2n) is 4.13. The number of hydrogen-bond donors (Lipinski definition) is 3. The largest absolute Gasteiger partial charge is 0.383 e. The minimum Gasteiger partial charge on any atom is -0.383 e. The first-order valence-electron chi connectivity index (χ1n) is 5.94. The lowest BCUT2D eigenvalue weighted by atomic mass is 10.1. The van der Waals surface area contributed by atoms with E-state index in [1.165, 1.54) is 29.2 Å². The van der Waals surface area contributed by atoms with Crippen LogP contribution in [-0.2, 0) is 0 Å². The number of benzene rings is 1. The molecule has 0 fully saturated rings. The molecule has 0 radical (unpaired) electrons. The van der Waals surface area contributed by atoms with Gasteiger partial charge in [0, 0.05) is 11.1 Å². The Balaban J connectivity index is 2.26. The molecule has 2 aromatic rings. The van der Waals surface area contributed by atoms with Crippen molar-refractivity contribution in [2.24, 2.45) is 5.73 Å². The molecule has 0 aliphatic rings. The van der Waals surface area contributed by atoms with Crippen molar-refractivity contribution < 1.29 is 9.59 Å². The van der Waals surface area contributed by atoms with Crippen LogP contribution < -0.4 is 11.1 Å². The fraction of sp³-hybridized carbons (Fsp3) is 0.0714. The van der Waals surface area contributed by atoms with Crippen LogP contribution in [0.5, 0.6) is 0 Å². The summed E-state index contributed by atoms with van der Waals surface area (Å²) in [5, 5.41) is 10.2. The van der Waals surface area contributed by atoms with Crippen LogP contribution in [0.1, 0.15) is 25.6 Å². The number of carbonyl (C=O) groups is 2. The van der Waals surface area contributed by atoms with E-state index in [0.29, 0.717) is 28.0 Å². The fourth-order valence-electron chi connectivity index (χ4n) is 1.69. The van der Waals surface area contributed by atoms with Crippen molar-refractivity contribution in [2.75, 3.05) is 11.6 Å². The third-order valence-electron chi connectivity index (χ3n) is 2.68. The number of nitrogens with one attached hydrogen (secondary N) is 2. The number of amidine groups is 1. The lowest BCUT2D eigenvalue weighted by Crippen LogP contribution is -2.12. The van der Waals surface area contributed by atoms with Crippen LogP contribution in [0, 0.1) is 5.41 Å². The number of rotatable bonds is 5. The minimum atomic E-state index is -0.304. The summed E-state index contributed by atoms with van der Waals surface area (Å²) >= 11 is 2.83. The van der Waals surface area contributed by atoms with E-state index in [-0.39, 0.29) is 11.7 Å². The number of thiophene rings is 1. The average molecular weight is 319 g/mol. The van der Waals surface area contributed by atoms with Crippen LogP contribution in [0.25, 0.3) is 0 Å². The summed E-state index contributed by atoms with van der Waals surface area (Å²) < 4.78 is 0.875. The smallest absolute Gasteiger partial charge is 0.255 e. The molecule has 5 nitrogen and oxygen atoms in total. The third-order valence-corrected chi connectivity index (χ3v) is 4.99. The van der Waals surface area contributed by atoms with E-state index in [2.05, 4.69) is 5.32 Å². The number of nitrogen functional groups attached to an aromatic ring is 1. The molecule has 21 heavy (non-hydrogen) atoms. The Bertz CT molecular complexity index is 710. The van der Waals surface area contributed by atoms with Crippen molar-refractivity contribution in [2.45, 2.75) is 4.21 Å². The van der Waals surface area contributed by atoms with Gasteiger partial charge in [0.2, 0.25) is 0 Å². The van der Waals surface area contributed by atoms with Gasteiger partial charge in [-0.1, -0.05) is 12.1 Å². The van der Waals surface area contributed by atoms with Crippen molar-refractivity contribution in [3.63, 3.8) is 0 Å². The van der Waals surface area contributed by atoms with E-state index in [4.69, 9.17) is 11.1 Å². The van der Waals surface area contributed by atoms with Crippen molar-refractivity contribution in [1.82, 2.24) is 0 Å². The van der Waals surface area contributed by atoms with Crippen molar-refractivity contribution >= 4 is 46.8 Å². The molecular weight excluding hydrogens is 306 g/mol. The van der Waals surface area contributed by atoms with Gasteiger partial charge in [-0.3, -0.25) is 15.0 Å². The Hall–Kier alpha value is -2.12. The molecule has 108 valence electrons. The number of aldehydes is 1. The molecule has 1 amide bonds. The molecule has 1 heterocycles. The van der Waals surface area contributed by atoms with Crippen LogP contribution in [0.4, 0.5) is 5.69 Å². The molecule has 0 unspecified atom stereocenters. The molecule has 0 atom stereocenters. The number of nitrogens with two attached hydrogens (primary N) is 1. The van der Waals surface area contributed by atoms with Crippen LogP contribution in [0.15, 0.2) is 34.5 Å². The molecular formula is C14H13N3O2S2. The molecule has 0 aliphatic heterocycles. The third kappa shape index (κ3) is 3.50. The van der Waals surface area contributed by atoms with Gasteiger partial charge in [-0.25, -0.2) is 0 Å². The first-order chi connectivity index (χ1) is 10.0. The molecule has 4 N–H and O–H groups in total. The lowest BCUT2D eigenvalue weighted by Gasteiger charge is -2.05. The van der Waals surface area contributed by atoms with Gasteiger partial charge in [0.25, 0.3) is 5.91 Å². The summed E-state index contributed by atoms with van der Waals surface area (Å²) in [5.74, 6) is -0.333. The van der Waals surface area contributed by atoms with E-state index in [1.54, 1.807) is 24.3 Å². The Labute approximate surface area is 130 Å². The lowest BCUT2D eigenvalue weighted by molar-refractivity contribution is 0.102. The first kappa shape index (κ1) is 15.3. The second-order valence-corrected chi connectivity index (χ2v) is 6.25. The number of anilines is 1. The summed E-state index contributed by atoms with van der Waals surface area (Å²) in [5.41, 5.74) is 6.94. The highest BCUT2D eigenvalue weighted by Crippen LogP contribution is 2.34. The van der Waals surface area contributed by atoms with Gasteiger partial charge in [-0.2, -0.15) is 0 Å². The molecule has 2 rings (SSSR count). The zero-order valence-electron chi connectivity index (χ0n) is 11.2. The van der Waals surface area contributed by atoms with Crippen LogP contribution in [0.2, 0.25) is 0 Å².